The fraction of sp³-hybridized carbons (Fsp3) is 0.200. The van der Waals surface area contributed by atoms with Crippen molar-refractivity contribution in [2.45, 2.75) is 32.2 Å². The monoisotopic (exact) mass is 399 g/mol. The molecule has 0 fully saturated rings. The molecule has 0 saturated heterocycles. The summed E-state index contributed by atoms with van der Waals surface area (Å²) in [7, 11) is 0. The number of thioether (sulfide) groups is 1. The highest BCUT2D eigenvalue weighted by Crippen LogP contribution is 2.34. The molecule has 0 aliphatic rings. The van der Waals surface area contributed by atoms with E-state index < -0.39 is 0 Å². The van der Waals surface area contributed by atoms with Gasteiger partial charge in [0.1, 0.15) is 5.03 Å². The van der Waals surface area contributed by atoms with Crippen LogP contribution in [-0.2, 0) is 6.42 Å². The van der Waals surface area contributed by atoms with E-state index in [1.807, 2.05) is 10.6 Å². The normalized spacial score (nSPS) is 11.1. The molecule has 3 nitrogen and oxygen atoms in total. The first-order chi connectivity index (χ1) is 14.0. The van der Waals surface area contributed by atoms with E-state index in [0.29, 0.717) is 0 Å². The Hall–Kier alpha value is -2.85. The van der Waals surface area contributed by atoms with Crippen LogP contribution in [0.25, 0.3) is 16.8 Å². The van der Waals surface area contributed by atoms with Crippen LogP contribution in [0.5, 0.6) is 0 Å². The van der Waals surface area contributed by atoms with Crippen molar-refractivity contribution in [3.63, 3.8) is 0 Å². The zero-order valence-electron chi connectivity index (χ0n) is 17.1. The lowest BCUT2D eigenvalue weighted by molar-refractivity contribution is 0.792. The Balaban J connectivity index is 1.92. The van der Waals surface area contributed by atoms with E-state index >= 15 is 0 Å². The molecule has 0 bridgehead atoms. The molecule has 4 aromatic rings. The standard InChI is InChI=1S/C25H25N3S/c1-17(2)16-29-25-22(15-20-11-7-5-8-12-20)18(3)26-24-23(19(4)27-28(24)25)21-13-9-6-10-14-21/h5-14H,1,15-16H2,2-4H3. The summed E-state index contributed by atoms with van der Waals surface area (Å²) < 4.78 is 2.04. The number of hydrogen-bond donors (Lipinski definition) is 0. The summed E-state index contributed by atoms with van der Waals surface area (Å²) in [6, 6.07) is 21.0. The van der Waals surface area contributed by atoms with Crippen LogP contribution in [0.2, 0.25) is 0 Å². The minimum absolute atomic E-state index is 0.841. The molecule has 0 atom stereocenters. The highest BCUT2D eigenvalue weighted by molar-refractivity contribution is 7.99. The molecule has 0 aliphatic heterocycles. The summed E-state index contributed by atoms with van der Waals surface area (Å²) in [5.41, 5.74) is 8.90. The average Bonchev–Trinajstić information content (AvgIpc) is 3.04. The van der Waals surface area contributed by atoms with Gasteiger partial charge in [0.15, 0.2) is 5.65 Å². The maximum Gasteiger partial charge on any atom is 0.164 e. The van der Waals surface area contributed by atoms with Crippen LogP contribution in [0.3, 0.4) is 0 Å². The van der Waals surface area contributed by atoms with Gasteiger partial charge in [-0.1, -0.05) is 72.8 Å². The predicted molar refractivity (Wildman–Crippen MR) is 123 cm³/mol. The Kier molecular flexibility index (Phi) is 5.54. The van der Waals surface area contributed by atoms with Crippen LogP contribution in [0.15, 0.2) is 77.8 Å². The van der Waals surface area contributed by atoms with Crippen molar-refractivity contribution in [1.29, 1.82) is 0 Å². The third kappa shape index (κ3) is 3.99. The fourth-order valence-electron chi connectivity index (χ4n) is 3.55. The molecule has 4 rings (SSSR count). The summed E-state index contributed by atoms with van der Waals surface area (Å²) in [6.45, 7) is 10.3. The van der Waals surface area contributed by atoms with Gasteiger partial charge < -0.3 is 0 Å². The van der Waals surface area contributed by atoms with Gasteiger partial charge in [0, 0.05) is 29.0 Å². The van der Waals surface area contributed by atoms with Gasteiger partial charge in [-0.05, 0) is 31.9 Å². The van der Waals surface area contributed by atoms with Crippen molar-refractivity contribution in [3.05, 3.63) is 95.3 Å². The van der Waals surface area contributed by atoms with E-state index in [2.05, 4.69) is 81.9 Å². The largest absolute Gasteiger partial charge is 0.233 e. The minimum Gasteiger partial charge on any atom is -0.233 e. The molecule has 0 amide bonds. The van der Waals surface area contributed by atoms with E-state index in [-0.39, 0.29) is 0 Å². The molecule has 0 saturated carbocycles. The molecule has 0 unspecified atom stereocenters. The molecule has 146 valence electrons. The summed E-state index contributed by atoms with van der Waals surface area (Å²) in [5, 5.41) is 6.07. The molecular formula is C25H25N3S. The smallest absolute Gasteiger partial charge is 0.164 e. The highest BCUT2D eigenvalue weighted by Gasteiger charge is 2.20. The lowest BCUT2D eigenvalue weighted by Crippen LogP contribution is -2.06. The molecule has 2 aromatic carbocycles. The van der Waals surface area contributed by atoms with Crippen LogP contribution in [0, 0.1) is 13.8 Å². The first-order valence-electron chi connectivity index (χ1n) is 9.80. The van der Waals surface area contributed by atoms with Crippen molar-refractivity contribution in [2.24, 2.45) is 0 Å². The third-order valence-electron chi connectivity index (χ3n) is 4.94. The van der Waals surface area contributed by atoms with Crippen molar-refractivity contribution < 1.29 is 0 Å². The number of aryl methyl sites for hydroxylation is 2. The Labute approximate surface area is 176 Å². The van der Waals surface area contributed by atoms with E-state index in [4.69, 9.17) is 10.1 Å². The van der Waals surface area contributed by atoms with Crippen molar-refractivity contribution in [1.82, 2.24) is 14.6 Å². The van der Waals surface area contributed by atoms with Crippen LogP contribution in [-0.4, -0.2) is 20.4 Å². The Morgan fingerprint density at radius 2 is 1.62 bits per heavy atom. The van der Waals surface area contributed by atoms with E-state index in [1.165, 1.54) is 11.1 Å². The predicted octanol–water partition coefficient (Wildman–Crippen LogP) is 6.27. The quantitative estimate of drug-likeness (QED) is 0.217. The Morgan fingerprint density at radius 3 is 2.28 bits per heavy atom. The van der Waals surface area contributed by atoms with Gasteiger partial charge in [0.05, 0.1) is 5.69 Å². The zero-order chi connectivity index (χ0) is 20.4. The second-order valence-corrected chi connectivity index (χ2v) is 8.41. The molecule has 0 radical (unpaired) electrons. The van der Waals surface area contributed by atoms with E-state index in [1.54, 1.807) is 11.8 Å². The number of aromatic nitrogens is 3. The maximum absolute atomic E-state index is 5.02. The number of rotatable bonds is 6. The molecule has 29 heavy (non-hydrogen) atoms. The van der Waals surface area contributed by atoms with Gasteiger partial charge in [-0.2, -0.15) is 5.10 Å². The van der Waals surface area contributed by atoms with Gasteiger partial charge in [-0.15, -0.1) is 11.8 Å². The molecule has 0 N–H and O–H groups in total. The van der Waals surface area contributed by atoms with Crippen LogP contribution >= 0.6 is 11.8 Å². The molecule has 2 heterocycles. The summed E-state index contributed by atoms with van der Waals surface area (Å²) in [4.78, 5) is 5.02. The minimum atomic E-state index is 0.841. The van der Waals surface area contributed by atoms with Gasteiger partial charge in [0.2, 0.25) is 0 Å². The van der Waals surface area contributed by atoms with Crippen LogP contribution in [0.1, 0.15) is 29.4 Å². The number of hydrogen-bond acceptors (Lipinski definition) is 3. The third-order valence-corrected chi connectivity index (χ3v) is 6.27. The van der Waals surface area contributed by atoms with Crippen molar-refractivity contribution in [2.75, 3.05) is 5.75 Å². The van der Waals surface area contributed by atoms with Crippen LogP contribution in [0.4, 0.5) is 0 Å². The first-order valence-corrected chi connectivity index (χ1v) is 10.8. The Bertz CT molecular complexity index is 1160. The average molecular weight is 400 g/mol. The van der Waals surface area contributed by atoms with Crippen molar-refractivity contribution in [3.8, 4) is 11.1 Å². The number of nitrogens with zero attached hydrogens (tertiary/aromatic N) is 3. The van der Waals surface area contributed by atoms with Gasteiger partial charge in [0.25, 0.3) is 0 Å². The number of benzene rings is 2. The lowest BCUT2D eigenvalue weighted by Gasteiger charge is -2.14. The summed E-state index contributed by atoms with van der Waals surface area (Å²) in [6.07, 6.45) is 0.841. The van der Waals surface area contributed by atoms with Gasteiger partial charge in [-0.25, -0.2) is 9.50 Å². The summed E-state index contributed by atoms with van der Waals surface area (Å²) >= 11 is 1.80. The summed E-state index contributed by atoms with van der Waals surface area (Å²) in [5.74, 6) is 0.861. The second-order valence-electron chi connectivity index (χ2n) is 7.45. The molecule has 0 spiro atoms. The lowest BCUT2D eigenvalue weighted by atomic mass is 10.0. The second kappa shape index (κ2) is 8.26. The SMILES string of the molecule is C=C(C)CSc1c(Cc2ccccc2)c(C)nc2c(-c3ccccc3)c(C)nn12. The topological polar surface area (TPSA) is 30.2 Å². The van der Waals surface area contributed by atoms with Gasteiger partial charge >= 0.3 is 0 Å². The first kappa shape index (κ1) is 19.5. The van der Waals surface area contributed by atoms with Crippen molar-refractivity contribution >= 4 is 17.4 Å². The molecular weight excluding hydrogens is 374 g/mol. The molecule has 0 aliphatic carbocycles. The van der Waals surface area contributed by atoms with E-state index in [9.17, 15) is 0 Å². The maximum atomic E-state index is 5.02. The van der Waals surface area contributed by atoms with Gasteiger partial charge in [-0.3, -0.25) is 0 Å². The molecule has 4 heteroatoms. The van der Waals surface area contributed by atoms with Crippen LogP contribution < -0.4 is 0 Å². The fourth-order valence-corrected chi connectivity index (χ4v) is 4.58. The number of fused-ring (bicyclic) bond motifs is 1. The highest BCUT2D eigenvalue weighted by atomic mass is 32.2. The molecule has 2 aromatic heterocycles. The van der Waals surface area contributed by atoms with E-state index in [0.717, 1.165) is 50.9 Å². The zero-order valence-corrected chi connectivity index (χ0v) is 18.0. The Morgan fingerprint density at radius 1 is 0.966 bits per heavy atom.